The van der Waals surface area contributed by atoms with Crippen LogP contribution in [-0.4, -0.2) is 26.3 Å². The monoisotopic (exact) mass is 300 g/mol. The number of amides is 1. The van der Waals surface area contributed by atoms with E-state index in [4.69, 9.17) is 0 Å². The van der Waals surface area contributed by atoms with Crippen LogP contribution in [0.25, 0.3) is 5.82 Å². The highest BCUT2D eigenvalue weighted by Crippen LogP contribution is 2.19. The molecule has 0 radical (unpaired) electrons. The summed E-state index contributed by atoms with van der Waals surface area (Å²) in [7, 11) is 1.86. The molecule has 2 aromatic heterocycles. The number of nitrogens with one attached hydrogen (secondary N) is 1. The van der Waals surface area contributed by atoms with Crippen LogP contribution in [-0.2, 0) is 7.05 Å². The van der Waals surface area contributed by atoms with E-state index in [0.29, 0.717) is 11.6 Å². The van der Waals surface area contributed by atoms with Crippen LogP contribution in [0.3, 0.4) is 0 Å². The molecular weight excluding hydrogens is 276 g/mol. The lowest BCUT2D eigenvalue weighted by Gasteiger charge is -2.21. The second-order valence-corrected chi connectivity index (χ2v) is 6.11. The normalized spacial score (nSPS) is 17.0. The first-order valence-electron chi connectivity index (χ1n) is 8.22. The molecular formula is C17H24N4O. The molecule has 22 heavy (non-hydrogen) atoms. The molecule has 0 aromatic carbocycles. The van der Waals surface area contributed by atoms with Crippen molar-refractivity contribution in [3.8, 4) is 5.82 Å². The van der Waals surface area contributed by atoms with E-state index in [0.717, 1.165) is 18.7 Å². The third-order valence-corrected chi connectivity index (χ3v) is 4.44. The van der Waals surface area contributed by atoms with E-state index < -0.39 is 0 Å². The summed E-state index contributed by atoms with van der Waals surface area (Å²) >= 11 is 0. The van der Waals surface area contributed by atoms with Crippen LogP contribution in [0.2, 0.25) is 0 Å². The van der Waals surface area contributed by atoms with Crippen molar-refractivity contribution in [1.29, 1.82) is 0 Å². The summed E-state index contributed by atoms with van der Waals surface area (Å²) < 4.78 is 3.67. The summed E-state index contributed by atoms with van der Waals surface area (Å²) in [5.41, 5.74) is 0.640. The minimum atomic E-state index is -0.0117. The summed E-state index contributed by atoms with van der Waals surface area (Å²) in [5.74, 6) is 0.802. The zero-order valence-electron chi connectivity index (χ0n) is 13.2. The van der Waals surface area contributed by atoms with Gasteiger partial charge in [0, 0.05) is 25.5 Å². The molecule has 1 aliphatic rings. The third-order valence-electron chi connectivity index (χ3n) is 4.44. The molecule has 1 fully saturated rings. The van der Waals surface area contributed by atoms with Crippen molar-refractivity contribution in [2.45, 2.75) is 51.0 Å². The number of hydrogen-bond donors (Lipinski definition) is 1. The zero-order chi connectivity index (χ0) is 15.4. The van der Waals surface area contributed by atoms with Crippen molar-refractivity contribution >= 4 is 5.91 Å². The molecule has 0 bridgehead atoms. The molecule has 0 spiro atoms. The average molecular weight is 300 g/mol. The number of carbonyl (C=O) groups is 1. The first-order valence-corrected chi connectivity index (χ1v) is 8.22. The van der Waals surface area contributed by atoms with Gasteiger partial charge in [-0.2, -0.15) is 5.10 Å². The number of aryl methyl sites for hydroxylation is 1. The molecule has 1 aliphatic carbocycles. The second kappa shape index (κ2) is 6.81. The number of hydrogen-bond acceptors (Lipinski definition) is 2. The molecule has 1 amide bonds. The number of aromatic nitrogens is 3. The highest BCUT2D eigenvalue weighted by molar-refractivity contribution is 5.97. The lowest BCUT2D eigenvalue weighted by Crippen LogP contribution is -2.35. The molecule has 2 heterocycles. The van der Waals surface area contributed by atoms with Gasteiger partial charge in [0.05, 0.1) is 6.20 Å². The quantitative estimate of drug-likeness (QED) is 0.947. The SMILES string of the molecule is Cn1ncc(C(=O)NC2CCCCCCC2)c1-n1cccc1. The van der Waals surface area contributed by atoms with E-state index >= 15 is 0 Å². The molecule has 1 N–H and O–H groups in total. The molecule has 0 unspecified atom stereocenters. The van der Waals surface area contributed by atoms with Gasteiger partial charge in [-0.3, -0.25) is 9.48 Å². The first kappa shape index (κ1) is 14.9. The van der Waals surface area contributed by atoms with Gasteiger partial charge in [0.2, 0.25) is 0 Å². The molecule has 3 rings (SSSR count). The van der Waals surface area contributed by atoms with Crippen LogP contribution >= 0.6 is 0 Å². The van der Waals surface area contributed by atoms with Crippen LogP contribution in [0.4, 0.5) is 0 Å². The van der Waals surface area contributed by atoms with Gasteiger partial charge >= 0.3 is 0 Å². The average Bonchev–Trinajstić information content (AvgIpc) is 3.10. The van der Waals surface area contributed by atoms with Gasteiger partial charge in [-0.25, -0.2) is 0 Å². The van der Waals surface area contributed by atoms with Gasteiger partial charge in [-0.15, -0.1) is 0 Å². The van der Waals surface area contributed by atoms with Gasteiger partial charge in [0.15, 0.2) is 0 Å². The lowest BCUT2D eigenvalue weighted by molar-refractivity contribution is 0.0930. The third kappa shape index (κ3) is 3.24. The molecule has 1 saturated carbocycles. The van der Waals surface area contributed by atoms with Crippen molar-refractivity contribution < 1.29 is 4.79 Å². The highest BCUT2D eigenvalue weighted by atomic mass is 16.1. The number of carbonyl (C=O) groups excluding carboxylic acids is 1. The predicted octanol–water partition coefficient (Wildman–Crippen LogP) is 3.05. The smallest absolute Gasteiger partial charge is 0.256 e. The van der Waals surface area contributed by atoms with Crippen LogP contribution in [0.5, 0.6) is 0 Å². The van der Waals surface area contributed by atoms with Crippen molar-refractivity contribution in [3.05, 3.63) is 36.3 Å². The Kier molecular flexibility index (Phi) is 4.61. The fourth-order valence-electron chi connectivity index (χ4n) is 3.24. The number of nitrogens with zero attached hydrogens (tertiary/aromatic N) is 3. The maximum Gasteiger partial charge on any atom is 0.256 e. The zero-order valence-corrected chi connectivity index (χ0v) is 13.2. The Hall–Kier alpha value is -2.04. The predicted molar refractivity (Wildman–Crippen MR) is 86.1 cm³/mol. The molecule has 5 heteroatoms. The highest BCUT2D eigenvalue weighted by Gasteiger charge is 2.20. The molecule has 0 aliphatic heterocycles. The summed E-state index contributed by atoms with van der Waals surface area (Å²) in [6.07, 6.45) is 14.0. The second-order valence-electron chi connectivity index (χ2n) is 6.11. The Labute approximate surface area is 131 Å². The molecule has 0 saturated heterocycles. The minimum absolute atomic E-state index is 0.0117. The van der Waals surface area contributed by atoms with E-state index in [2.05, 4.69) is 10.4 Å². The van der Waals surface area contributed by atoms with E-state index in [1.165, 1.54) is 32.1 Å². The van der Waals surface area contributed by atoms with Crippen LogP contribution in [0.15, 0.2) is 30.7 Å². The van der Waals surface area contributed by atoms with Gasteiger partial charge in [0.25, 0.3) is 5.91 Å². The van der Waals surface area contributed by atoms with E-state index in [-0.39, 0.29) is 5.91 Å². The van der Waals surface area contributed by atoms with E-state index in [9.17, 15) is 4.79 Å². The van der Waals surface area contributed by atoms with Crippen LogP contribution in [0, 0.1) is 0 Å². The van der Waals surface area contributed by atoms with Crippen molar-refractivity contribution in [1.82, 2.24) is 19.7 Å². The summed E-state index contributed by atoms with van der Waals surface area (Å²) in [5, 5.41) is 7.47. The fraction of sp³-hybridized carbons (Fsp3) is 0.529. The number of rotatable bonds is 3. The topological polar surface area (TPSA) is 51.9 Å². The van der Waals surface area contributed by atoms with Gasteiger partial charge in [-0.1, -0.05) is 32.1 Å². The summed E-state index contributed by atoms with van der Waals surface area (Å²) in [6.45, 7) is 0. The largest absolute Gasteiger partial charge is 0.349 e. The Balaban J connectivity index is 1.75. The van der Waals surface area contributed by atoms with E-state index in [1.54, 1.807) is 10.9 Å². The molecule has 118 valence electrons. The Morgan fingerprint density at radius 3 is 2.45 bits per heavy atom. The van der Waals surface area contributed by atoms with Gasteiger partial charge in [-0.05, 0) is 25.0 Å². The summed E-state index contributed by atoms with van der Waals surface area (Å²) in [4.78, 5) is 12.7. The van der Waals surface area contributed by atoms with Crippen molar-refractivity contribution in [2.75, 3.05) is 0 Å². The Bertz CT molecular complexity index is 607. The fourth-order valence-corrected chi connectivity index (χ4v) is 3.24. The van der Waals surface area contributed by atoms with Gasteiger partial charge < -0.3 is 9.88 Å². The van der Waals surface area contributed by atoms with Crippen LogP contribution < -0.4 is 5.32 Å². The van der Waals surface area contributed by atoms with Crippen molar-refractivity contribution in [2.24, 2.45) is 7.05 Å². The Morgan fingerprint density at radius 2 is 1.77 bits per heavy atom. The standard InChI is InChI=1S/C17H24N4O/c1-20-17(21-11-7-8-12-21)15(13-18-20)16(22)19-14-9-5-3-2-4-6-10-14/h7-8,11-14H,2-6,9-10H2,1H3,(H,19,22). The molecule has 5 nitrogen and oxygen atoms in total. The Morgan fingerprint density at radius 1 is 1.14 bits per heavy atom. The lowest BCUT2D eigenvalue weighted by atomic mass is 9.96. The summed E-state index contributed by atoms with van der Waals surface area (Å²) in [6, 6.07) is 4.19. The minimum Gasteiger partial charge on any atom is -0.349 e. The maximum atomic E-state index is 12.7. The van der Waals surface area contributed by atoms with E-state index in [1.807, 2.05) is 36.1 Å². The van der Waals surface area contributed by atoms with Gasteiger partial charge in [0.1, 0.15) is 11.4 Å². The van der Waals surface area contributed by atoms with Crippen molar-refractivity contribution in [3.63, 3.8) is 0 Å². The molecule has 0 atom stereocenters. The first-order chi connectivity index (χ1) is 10.8. The molecule has 2 aromatic rings. The maximum absolute atomic E-state index is 12.7. The van der Waals surface area contributed by atoms with Crippen LogP contribution in [0.1, 0.15) is 55.3 Å².